The molecule has 0 amide bonds. The number of aliphatic hydroxyl groups excluding tert-OH is 1. The van der Waals surface area contributed by atoms with Crippen molar-refractivity contribution >= 4 is 5.97 Å². The van der Waals surface area contributed by atoms with Crippen LogP contribution in [0.15, 0.2) is 53.6 Å². The average Bonchev–Trinajstić information content (AvgIpc) is 2.91. The number of benzene rings is 1. The van der Waals surface area contributed by atoms with Gasteiger partial charge in [0, 0.05) is 0 Å². The van der Waals surface area contributed by atoms with Gasteiger partial charge in [-0.05, 0) is 115 Å². The van der Waals surface area contributed by atoms with Gasteiger partial charge >= 0.3 is 5.97 Å². The number of hydrogen-bond donors (Lipinski definition) is 1. The highest BCUT2D eigenvalue weighted by Crippen LogP contribution is 2.74. The number of carbonyl (C=O) groups is 1. The van der Waals surface area contributed by atoms with E-state index in [0.717, 1.165) is 37.7 Å². The molecule has 8 atom stereocenters. The molecule has 3 heteroatoms. The smallest absolute Gasteiger partial charge is 0.312 e. The fourth-order valence-corrected chi connectivity index (χ4v) is 10.8. The average molecular weight is 545 g/mol. The number of fused-ring (bicyclic) bond motifs is 6. The molecule has 0 aliphatic heterocycles. The molecular weight excluding hydrogens is 492 g/mol. The second-order valence-electron chi connectivity index (χ2n) is 16.3. The molecule has 0 spiro atoms. The summed E-state index contributed by atoms with van der Waals surface area (Å²) in [7, 11) is 0. The SMILES string of the molecule is CC1(C)C2CC[C@]3(C)C(C=CC4=C5C[C@@](C)(C(=O)OCc6ccccc6)CC[C@]5(C)CC[C@]43C)[C@@]2(C)CC[C@@H]1O. The molecule has 0 radical (unpaired) electrons. The lowest BCUT2D eigenvalue weighted by Gasteiger charge is -2.69. The first kappa shape index (κ1) is 28.3. The summed E-state index contributed by atoms with van der Waals surface area (Å²) in [6.07, 6.45) is 14.5. The summed E-state index contributed by atoms with van der Waals surface area (Å²) in [6, 6.07) is 10.0. The standard InChI is InChI=1S/C37H52O3/c1-32(2)28-15-18-37(7)29(35(28,5)17-16-30(32)38)14-13-26-27-23-34(4,20-19-33(27,3)21-22-36(26,37)6)31(39)40-24-25-11-9-8-10-12-25/h8-14,28-30,38H,15-24H2,1-7H3/t28?,29?,30-,33+,34-,35-,36+,37+/m0/s1. The largest absolute Gasteiger partial charge is 0.460 e. The van der Waals surface area contributed by atoms with Crippen LogP contribution in [-0.2, 0) is 16.1 Å². The molecule has 0 heterocycles. The van der Waals surface area contributed by atoms with Crippen LogP contribution in [0, 0.1) is 44.3 Å². The van der Waals surface area contributed by atoms with Gasteiger partial charge in [-0.2, -0.15) is 0 Å². The number of allylic oxidation sites excluding steroid dienone is 4. The molecule has 1 aromatic carbocycles. The first-order valence-electron chi connectivity index (χ1n) is 16.0. The minimum absolute atomic E-state index is 0.0429. The summed E-state index contributed by atoms with van der Waals surface area (Å²) in [5.74, 6) is 1.00. The summed E-state index contributed by atoms with van der Waals surface area (Å²) in [5.41, 5.74) is 4.25. The Bertz CT molecular complexity index is 1240. The van der Waals surface area contributed by atoms with Crippen LogP contribution in [0.1, 0.15) is 112 Å². The third-order valence-electron chi connectivity index (χ3n) is 13.9. The molecule has 0 aromatic heterocycles. The van der Waals surface area contributed by atoms with E-state index in [-0.39, 0.29) is 39.1 Å². The van der Waals surface area contributed by atoms with Gasteiger partial charge in [0.15, 0.2) is 0 Å². The van der Waals surface area contributed by atoms with E-state index in [1.165, 1.54) is 31.3 Å². The summed E-state index contributed by atoms with van der Waals surface area (Å²) in [6.45, 7) is 17.3. The lowest BCUT2D eigenvalue weighted by Crippen LogP contribution is -2.63. The Kier molecular flexibility index (Phi) is 6.40. The Morgan fingerprint density at radius 1 is 0.900 bits per heavy atom. The van der Waals surface area contributed by atoms with Gasteiger partial charge in [-0.1, -0.05) is 89.6 Å². The van der Waals surface area contributed by atoms with E-state index in [9.17, 15) is 9.90 Å². The van der Waals surface area contributed by atoms with Gasteiger partial charge in [0.2, 0.25) is 0 Å². The number of rotatable bonds is 3. The van der Waals surface area contributed by atoms with Crippen molar-refractivity contribution in [3.8, 4) is 0 Å². The number of aliphatic hydroxyl groups is 1. The van der Waals surface area contributed by atoms with E-state index in [2.05, 4.69) is 60.6 Å². The fraction of sp³-hybridized carbons (Fsp3) is 0.703. The van der Waals surface area contributed by atoms with Crippen molar-refractivity contribution in [2.45, 2.75) is 119 Å². The van der Waals surface area contributed by atoms with Gasteiger partial charge in [-0.25, -0.2) is 0 Å². The zero-order valence-electron chi connectivity index (χ0n) is 26.1. The third-order valence-corrected chi connectivity index (χ3v) is 13.9. The highest BCUT2D eigenvalue weighted by Gasteiger charge is 2.66. The summed E-state index contributed by atoms with van der Waals surface area (Å²) < 4.78 is 5.95. The van der Waals surface area contributed by atoms with Gasteiger partial charge in [0.25, 0.3) is 0 Å². The number of carbonyl (C=O) groups excluding carboxylic acids is 1. The first-order chi connectivity index (χ1) is 18.7. The Morgan fingerprint density at radius 3 is 2.33 bits per heavy atom. The molecule has 1 aromatic rings. The van der Waals surface area contributed by atoms with E-state index in [1.54, 1.807) is 5.57 Å². The maximum Gasteiger partial charge on any atom is 0.312 e. The maximum absolute atomic E-state index is 13.6. The fourth-order valence-electron chi connectivity index (χ4n) is 10.8. The van der Waals surface area contributed by atoms with Gasteiger partial charge in [0.1, 0.15) is 6.61 Å². The maximum atomic E-state index is 13.6. The highest BCUT2D eigenvalue weighted by atomic mass is 16.5. The lowest BCUT2D eigenvalue weighted by atomic mass is 9.35. The van der Waals surface area contributed by atoms with Crippen LogP contribution in [0.25, 0.3) is 0 Å². The van der Waals surface area contributed by atoms with E-state index in [0.29, 0.717) is 18.4 Å². The summed E-state index contributed by atoms with van der Waals surface area (Å²) in [4.78, 5) is 13.6. The highest BCUT2D eigenvalue weighted by molar-refractivity contribution is 5.77. The van der Waals surface area contributed by atoms with Gasteiger partial charge in [-0.3, -0.25) is 4.79 Å². The third kappa shape index (κ3) is 3.81. The molecule has 0 bridgehead atoms. The van der Waals surface area contributed by atoms with E-state index in [1.807, 2.05) is 30.3 Å². The van der Waals surface area contributed by atoms with E-state index in [4.69, 9.17) is 4.74 Å². The van der Waals surface area contributed by atoms with Crippen LogP contribution >= 0.6 is 0 Å². The van der Waals surface area contributed by atoms with E-state index < -0.39 is 5.41 Å². The molecule has 5 aliphatic rings. The van der Waals surface area contributed by atoms with Crippen LogP contribution in [0.3, 0.4) is 0 Å². The summed E-state index contributed by atoms with van der Waals surface area (Å²) in [5, 5.41) is 11.0. The van der Waals surface area contributed by atoms with Crippen molar-refractivity contribution in [1.82, 2.24) is 0 Å². The number of esters is 1. The predicted molar refractivity (Wildman–Crippen MR) is 161 cm³/mol. The normalized spacial score (nSPS) is 45.5. The number of hydrogen-bond acceptors (Lipinski definition) is 3. The molecule has 40 heavy (non-hydrogen) atoms. The molecule has 3 nitrogen and oxygen atoms in total. The zero-order chi connectivity index (χ0) is 28.8. The first-order valence-corrected chi connectivity index (χ1v) is 16.0. The minimum Gasteiger partial charge on any atom is -0.460 e. The van der Waals surface area contributed by atoms with Crippen LogP contribution in [0.4, 0.5) is 0 Å². The van der Waals surface area contributed by atoms with Gasteiger partial charge in [0.05, 0.1) is 11.5 Å². The van der Waals surface area contributed by atoms with Crippen molar-refractivity contribution in [1.29, 1.82) is 0 Å². The van der Waals surface area contributed by atoms with Crippen molar-refractivity contribution < 1.29 is 14.6 Å². The molecule has 3 fully saturated rings. The molecule has 6 rings (SSSR count). The Hall–Kier alpha value is -1.87. The zero-order valence-corrected chi connectivity index (χ0v) is 26.1. The lowest BCUT2D eigenvalue weighted by molar-refractivity contribution is -0.182. The quantitative estimate of drug-likeness (QED) is 0.387. The van der Waals surface area contributed by atoms with Crippen LogP contribution in [-0.4, -0.2) is 17.2 Å². The van der Waals surface area contributed by atoms with Crippen LogP contribution in [0.2, 0.25) is 0 Å². The topological polar surface area (TPSA) is 46.5 Å². The van der Waals surface area contributed by atoms with Crippen molar-refractivity contribution in [2.24, 2.45) is 44.3 Å². The Balaban J connectivity index is 1.36. The molecule has 0 saturated heterocycles. The van der Waals surface area contributed by atoms with Gasteiger partial charge in [-0.15, -0.1) is 0 Å². The van der Waals surface area contributed by atoms with Gasteiger partial charge < -0.3 is 9.84 Å². The molecule has 5 aliphatic carbocycles. The predicted octanol–water partition coefficient (Wildman–Crippen LogP) is 8.81. The van der Waals surface area contributed by atoms with E-state index >= 15 is 0 Å². The van der Waals surface area contributed by atoms with Crippen LogP contribution < -0.4 is 0 Å². The van der Waals surface area contributed by atoms with Crippen molar-refractivity contribution in [3.05, 3.63) is 59.2 Å². The van der Waals surface area contributed by atoms with Crippen LogP contribution in [0.5, 0.6) is 0 Å². The molecule has 1 N–H and O–H groups in total. The minimum atomic E-state index is -0.479. The molecule has 3 saturated carbocycles. The molecule has 218 valence electrons. The Labute approximate surface area is 242 Å². The summed E-state index contributed by atoms with van der Waals surface area (Å²) >= 11 is 0. The molecular formula is C37H52O3. The second-order valence-corrected chi connectivity index (χ2v) is 16.3. The van der Waals surface area contributed by atoms with Crippen molar-refractivity contribution in [2.75, 3.05) is 0 Å². The second kappa shape index (κ2) is 9.06. The molecule has 2 unspecified atom stereocenters. The Morgan fingerprint density at radius 2 is 1.60 bits per heavy atom. The van der Waals surface area contributed by atoms with Crippen molar-refractivity contribution in [3.63, 3.8) is 0 Å². The number of ether oxygens (including phenoxy) is 1. The monoisotopic (exact) mass is 544 g/mol.